The van der Waals surface area contributed by atoms with Gasteiger partial charge in [0.1, 0.15) is 5.56 Å². The molecule has 1 fully saturated rings. The molecule has 2 rings (SSSR count). The highest BCUT2D eigenvalue weighted by Crippen LogP contribution is 2.29. The molecule has 0 saturated carbocycles. The zero-order valence-corrected chi connectivity index (χ0v) is 8.64. The van der Waals surface area contributed by atoms with Crippen molar-refractivity contribution in [1.82, 2.24) is 9.78 Å². The lowest BCUT2D eigenvalue weighted by molar-refractivity contribution is 0.00903. The first-order chi connectivity index (χ1) is 7.20. The Balaban J connectivity index is 2.32. The minimum atomic E-state index is -0.938. The normalized spacial score (nSPS) is 21.5. The Hall–Kier alpha value is -1.36. The number of carboxylic acid groups (broad SMARTS) is 1. The molecular formula is C10H14N2O3. The van der Waals surface area contributed by atoms with Crippen LogP contribution in [0.5, 0.6) is 0 Å². The summed E-state index contributed by atoms with van der Waals surface area (Å²) in [5.41, 5.74) is 0.937. The maximum Gasteiger partial charge on any atom is 0.339 e. The van der Waals surface area contributed by atoms with E-state index in [-0.39, 0.29) is 11.7 Å². The zero-order chi connectivity index (χ0) is 10.8. The van der Waals surface area contributed by atoms with E-state index in [4.69, 9.17) is 9.84 Å². The molecule has 5 heteroatoms. The number of nitrogens with zero attached hydrogens (tertiary/aromatic N) is 2. The van der Waals surface area contributed by atoms with Gasteiger partial charge in [0, 0.05) is 13.7 Å². The molecule has 0 aliphatic carbocycles. The predicted octanol–water partition coefficient (Wildman–Crippen LogP) is 1.36. The number of aromatic nitrogens is 2. The van der Waals surface area contributed by atoms with Gasteiger partial charge in [0.05, 0.1) is 18.0 Å². The molecule has 1 saturated heterocycles. The lowest BCUT2D eigenvalue weighted by Crippen LogP contribution is -2.17. The van der Waals surface area contributed by atoms with E-state index in [0.29, 0.717) is 12.3 Å². The second-order valence-electron chi connectivity index (χ2n) is 3.73. The van der Waals surface area contributed by atoms with Gasteiger partial charge in [0.15, 0.2) is 0 Å². The van der Waals surface area contributed by atoms with E-state index in [2.05, 4.69) is 5.10 Å². The molecule has 82 valence electrons. The third kappa shape index (κ3) is 1.87. The van der Waals surface area contributed by atoms with Crippen LogP contribution in [-0.4, -0.2) is 27.5 Å². The van der Waals surface area contributed by atoms with E-state index in [1.54, 1.807) is 11.7 Å². The van der Waals surface area contributed by atoms with Crippen molar-refractivity contribution in [2.24, 2.45) is 7.05 Å². The van der Waals surface area contributed by atoms with Crippen molar-refractivity contribution in [2.75, 3.05) is 6.61 Å². The average Bonchev–Trinajstić information content (AvgIpc) is 2.61. The van der Waals surface area contributed by atoms with Crippen LogP contribution in [0.1, 0.15) is 41.4 Å². The van der Waals surface area contributed by atoms with Crippen molar-refractivity contribution < 1.29 is 14.6 Å². The Morgan fingerprint density at radius 2 is 2.47 bits per heavy atom. The summed E-state index contributed by atoms with van der Waals surface area (Å²) in [7, 11) is 1.75. The van der Waals surface area contributed by atoms with Crippen molar-refractivity contribution in [3.05, 3.63) is 17.5 Å². The fourth-order valence-electron chi connectivity index (χ4n) is 1.95. The van der Waals surface area contributed by atoms with Crippen molar-refractivity contribution in [3.8, 4) is 0 Å². The van der Waals surface area contributed by atoms with Crippen molar-refractivity contribution in [3.63, 3.8) is 0 Å². The monoisotopic (exact) mass is 210 g/mol. The maximum absolute atomic E-state index is 11.0. The van der Waals surface area contributed by atoms with Gasteiger partial charge in [0.25, 0.3) is 0 Å². The first-order valence-electron chi connectivity index (χ1n) is 5.07. The summed E-state index contributed by atoms with van der Waals surface area (Å²) < 4.78 is 7.17. The van der Waals surface area contributed by atoms with E-state index in [1.165, 1.54) is 6.20 Å². The van der Waals surface area contributed by atoms with Crippen LogP contribution < -0.4 is 0 Å². The Morgan fingerprint density at radius 1 is 1.67 bits per heavy atom. The number of aryl methyl sites for hydroxylation is 1. The molecular weight excluding hydrogens is 196 g/mol. The van der Waals surface area contributed by atoms with Crippen LogP contribution in [0.2, 0.25) is 0 Å². The zero-order valence-electron chi connectivity index (χ0n) is 8.64. The van der Waals surface area contributed by atoms with E-state index in [1.807, 2.05) is 0 Å². The van der Waals surface area contributed by atoms with Crippen LogP contribution >= 0.6 is 0 Å². The van der Waals surface area contributed by atoms with Gasteiger partial charge in [-0.1, -0.05) is 0 Å². The molecule has 0 aromatic carbocycles. The van der Waals surface area contributed by atoms with Crippen LogP contribution in [0.25, 0.3) is 0 Å². The van der Waals surface area contributed by atoms with Gasteiger partial charge in [-0.15, -0.1) is 0 Å². The number of rotatable bonds is 2. The molecule has 0 radical (unpaired) electrons. The molecule has 0 bridgehead atoms. The van der Waals surface area contributed by atoms with Gasteiger partial charge >= 0.3 is 5.97 Å². The summed E-state index contributed by atoms with van der Waals surface area (Å²) >= 11 is 0. The topological polar surface area (TPSA) is 64.4 Å². The Morgan fingerprint density at radius 3 is 3.07 bits per heavy atom. The molecule has 5 nitrogen and oxygen atoms in total. The van der Waals surface area contributed by atoms with Crippen LogP contribution in [0.15, 0.2) is 6.20 Å². The Labute approximate surface area is 87.7 Å². The summed E-state index contributed by atoms with van der Waals surface area (Å²) in [6.45, 7) is 0.703. The van der Waals surface area contributed by atoms with Gasteiger partial charge in [-0.25, -0.2) is 4.79 Å². The quantitative estimate of drug-likeness (QED) is 0.800. The van der Waals surface area contributed by atoms with Crippen LogP contribution in [-0.2, 0) is 11.8 Å². The SMILES string of the molecule is Cn1ncc(C(=O)O)c1C1CCCCO1. The fourth-order valence-corrected chi connectivity index (χ4v) is 1.95. The third-order valence-electron chi connectivity index (χ3n) is 2.70. The summed E-state index contributed by atoms with van der Waals surface area (Å²) in [5.74, 6) is -0.938. The number of aromatic carboxylic acids is 1. The highest BCUT2D eigenvalue weighted by atomic mass is 16.5. The molecule has 1 aromatic heterocycles. The molecule has 1 aromatic rings. The maximum atomic E-state index is 11.0. The number of carboxylic acids is 1. The molecule has 0 spiro atoms. The Bertz CT molecular complexity index is 367. The highest BCUT2D eigenvalue weighted by Gasteiger charge is 2.25. The van der Waals surface area contributed by atoms with Crippen molar-refractivity contribution in [1.29, 1.82) is 0 Å². The summed E-state index contributed by atoms with van der Waals surface area (Å²) in [6, 6.07) is 0. The van der Waals surface area contributed by atoms with Crippen LogP contribution in [0.4, 0.5) is 0 Å². The smallest absolute Gasteiger partial charge is 0.339 e. The summed E-state index contributed by atoms with van der Waals surface area (Å²) in [4.78, 5) is 11.0. The van der Waals surface area contributed by atoms with Crippen LogP contribution in [0.3, 0.4) is 0 Å². The van der Waals surface area contributed by atoms with E-state index in [9.17, 15) is 4.79 Å². The fraction of sp³-hybridized carbons (Fsp3) is 0.600. The van der Waals surface area contributed by atoms with E-state index < -0.39 is 5.97 Å². The predicted molar refractivity (Wildman–Crippen MR) is 52.7 cm³/mol. The van der Waals surface area contributed by atoms with Gasteiger partial charge in [-0.3, -0.25) is 4.68 Å². The van der Waals surface area contributed by atoms with Crippen molar-refractivity contribution in [2.45, 2.75) is 25.4 Å². The molecule has 15 heavy (non-hydrogen) atoms. The van der Waals surface area contributed by atoms with E-state index >= 15 is 0 Å². The molecule has 0 amide bonds. The minimum Gasteiger partial charge on any atom is -0.478 e. The second-order valence-corrected chi connectivity index (χ2v) is 3.73. The molecule has 1 atom stereocenters. The molecule has 1 aliphatic heterocycles. The Kier molecular flexibility index (Phi) is 2.73. The van der Waals surface area contributed by atoms with Crippen molar-refractivity contribution >= 4 is 5.97 Å². The first kappa shape index (κ1) is 10.2. The van der Waals surface area contributed by atoms with Gasteiger partial charge in [-0.2, -0.15) is 5.10 Å². The molecule has 2 heterocycles. The lowest BCUT2D eigenvalue weighted by atomic mass is 10.0. The van der Waals surface area contributed by atoms with Crippen LogP contribution in [0, 0.1) is 0 Å². The minimum absolute atomic E-state index is 0.114. The largest absolute Gasteiger partial charge is 0.478 e. The van der Waals surface area contributed by atoms with Gasteiger partial charge in [0.2, 0.25) is 0 Å². The highest BCUT2D eigenvalue weighted by molar-refractivity contribution is 5.88. The van der Waals surface area contributed by atoms with Gasteiger partial charge < -0.3 is 9.84 Å². The second kappa shape index (κ2) is 4.02. The summed E-state index contributed by atoms with van der Waals surface area (Å²) in [6.07, 6.45) is 4.28. The first-order valence-corrected chi connectivity index (χ1v) is 5.07. The molecule has 1 aliphatic rings. The number of hydrogen-bond donors (Lipinski definition) is 1. The lowest BCUT2D eigenvalue weighted by Gasteiger charge is -2.23. The number of ether oxygens (including phenoxy) is 1. The summed E-state index contributed by atoms with van der Waals surface area (Å²) in [5, 5.41) is 13.0. The van der Waals surface area contributed by atoms with Gasteiger partial charge in [-0.05, 0) is 19.3 Å². The third-order valence-corrected chi connectivity index (χ3v) is 2.70. The number of hydrogen-bond acceptors (Lipinski definition) is 3. The van der Waals surface area contributed by atoms with E-state index in [0.717, 1.165) is 19.3 Å². The average molecular weight is 210 g/mol. The molecule has 1 N–H and O–H groups in total. The standard InChI is InChI=1S/C10H14N2O3/c1-12-9(7(6-11-12)10(13)14)8-4-2-3-5-15-8/h6,8H,2-5H2,1H3,(H,13,14). The number of carbonyl (C=O) groups is 1. The molecule has 1 unspecified atom stereocenters.